The average molecular weight is 394 g/mol. The lowest BCUT2D eigenvalue weighted by molar-refractivity contribution is -0.134. The molecule has 1 aliphatic heterocycles. The minimum Gasteiger partial charge on any atom is -0.493 e. The zero-order valence-electron chi connectivity index (χ0n) is 17.0. The number of aromatic nitrogens is 3. The third kappa shape index (κ3) is 5.02. The number of benzene rings is 1. The van der Waals surface area contributed by atoms with Gasteiger partial charge in [0.2, 0.25) is 0 Å². The molecule has 29 heavy (non-hydrogen) atoms. The van der Waals surface area contributed by atoms with Gasteiger partial charge in [-0.15, -0.1) is 10.2 Å². The molecule has 0 fully saturated rings. The molecule has 0 spiro atoms. The lowest BCUT2D eigenvalue weighted by atomic mass is 10.1. The van der Waals surface area contributed by atoms with Gasteiger partial charge in [0.1, 0.15) is 11.9 Å². The van der Waals surface area contributed by atoms with E-state index in [2.05, 4.69) is 16.3 Å². The van der Waals surface area contributed by atoms with Crippen molar-refractivity contribution >= 4 is 17.6 Å². The molecule has 0 amide bonds. The van der Waals surface area contributed by atoms with Gasteiger partial charge >= 0.3 is 5.97 Å². The van der Waals surface area contributed by atoms with Crippen LogP contribution in [0.2, 0.25) is 0 Å². The summed E-state index contributed by atoms with van der Waals surface area (Å²) in [6.07, 6.45) is 8.05. The lowest BCUT2D eigenvalue weighted by Gasteiger charge is -2.10. The Kier molecular flexibility index (Phi) is 7.01. The summed E-state index contributed by atoms with van der Waals surface area (Å²) < 4.78 is 12.8. The van der Waals surface area contributed by atoms with Crippen LogP contribution in [-0.2, 0) is 17.8 Å². The highest BCUT2D eigenvalue weighted by molar-refractivity contribution is 5.87. The molecule has 1 aromatic heterocycles. The molecule has 2 aromatic rings. The van der Waals surface area contributed by atoms with Gasteiger partial charge in [-0.1, -0.05) is 25.8 Å². The molecule has 1 aromatic carbocycles. The first-order valence-corrected chi connectivity index (χ1v) is 10.1. The zero-order valence-corrected chi connectivity index (χ0v) is 17.0. The van der Waals surface area contributed by atoms with Gasteiger partial charge in [0.15, 0.2) is 17.3 Å². The number of methoxy groups -OCH3 is 1. The molecule has 0 N–H and O–H groups in total. The normalized spacial score (nSPS) is 13.9. The minimum absolute atomic E-state index is 0.280. The molecule has 3 rings (SSSR count). The summed E-state index contributed by atoms with van der Waals surface area (Å²) in [6.45, 7) is 2.85. The van der Waals surface area contributed by atoms with Crippen molar-refractivity contribution in [3.63, 3.8) is 0 Å². The van der Waals surface area contributed by atoms with E-state index >= 15 is 0 Å². The van der Waals surface area contributed by atoms with Gasteiger partial charge in [-0.25, -0.2) is 0 Å². The summed E-state index contributed by atoms with van der Waals surface area (Å²) in [5, 5.41) is 18.2. The second-order valence-corrected chi connectivity index (χ2v) is 7.06. The van der Waals surface area contributed by atoms with Crippen molar-refractivity contribution in [2.45, 2.75) is 58.4 Å². The molecule has 0 radical (unpaired) electrons. The number of nitrogens with zero attached hydrogens (tertiary/aromatic N) is 4. The maximum absolute atomic E-state index is 11.9. The first-order chi connectivity index (χ1) is 14.2. The van der Waals surface area contributed by atoms with Crippen LogP contribution in [0.5, 0.6) is 11.5 Å². The van der Waals surface area contributed by atoms with E-state index in [-0.39, 0.29) is 5.97 Å². The summed E-state index contributed by atoms with van der Waals surface area (Å²) >= 11 is 0. The van der Waals surface area contributed by atoms with Crippen LogP contribution >= 0.6 is 0 Å². The third-order valence-electron chi connectivity index (χ3n) is 4.93. The van der Waals surface area contributed by atoms with Gasteiger partial charge in [-0.05, 0) is 43.0 Å². The van der Waals surface area contributed by atoms with Crippen molar-refractivity contribution in [1.29, 1.82) is 5.26 Å². The maximum atomic E-state index is 11.9. The predicted octanol–water partition coefficient (Wildman–Crippen LogP) is 4.17. The van der Waals surface area contributed by atoms with Gasteiger partial charge in [0.05, 0.1) is 12.7 Å². The average Bonchev–Trinajstić information content (AvgIpc) is 2.98. The number of ether oxygens (including phenoxy) is 2. The number of carbonyl (C=O) groups excluding carboxylic acids is 1. The Morgan fingerprint density at radius 3 is 2.90 bits per heavy atom. The molecule has 1 aliphatic rings. The summed E-state index contributed by atoms with van der Waals surface area (Å²) in [5.41, 5.74) is 1.21. The summed E-state index contributed by atoms with van der Waals surface area (Å²) in [6, 6.07) is 7.47. The number of hydrogen-bond donors (Lipinski definition) is 0. The molecule has 0 saturated carbocycles. The standard InChI is InChI=1S/C22H26N4O3/c1-3-4-9-21(27)29-18-11-10-16(14-19(18)28-2)13-17(15-23)22-25-24-20-8-6-5-7-12-26(20)22/h10-11,13-14H,3-9,12H2,1-2H3. The van der Waals surface area contributed by atoms with E-state index in [1.54, 1.807) is 24.3 Å². The molecule has 152 valence electrons. The Morgan fingerprint density at radius 1 is 1.28 bits per heavy atom. The minimum atomic E-state index is -0.280. The summed E-state index contributed by atoms with van der Waals surface area (Å²) in [7, 11) is 1.52. The molecule has 0 bridgehead atoms. The van der Waals surface area contributed by atoms with Crippen LogP contribution in [0.25, 0.3) is 11.6 Å². The molecule has 2 heterocycles. The maximum Gasteiger partial charge on any atom is 0.311 e. The van der Waals surface area contributed by atoms with Gasteiger partial charge in [-0.3, -0.25) is 4.79 Å². The van der Waals surface area contributed by atoms with Crippen molar-refractivity contribution in [2.24, 2.45) is 0 Å². The zero-order chi connectivity index (χ0) is 20.6. The van der Waals surface area contributed by atoms with Crippen molar-refractivity contribution in [3.05, 3.63) is 35.4 Å². The molecular formula is C22H26N4O3. The van der Waals surface area contributed by atoms with Gasteiger partial charge in [-0.2, -0.15) is 5.26 Å². The Morgan fingerprint density at radius 2 is 2.14 bits per heavy atom. The highest BCUT2D eigenvalue weighted by atomic mass is 16.6. The molecule has 0 atom stereocenters. The van der Waals surface area contributed by atoms with Crippen molar-refractivity contribution < 1.29 is 14.3 Å². The Hall–Kier alpha value is -3.14. The Labute approximate surface area is 171 Å². The fourth-order valence-electron chi connectivity index (χ4n) is 3.35. The molecule has 7 heteroatoms. The van der Waals surface area contributed by atoms with Crippen LogP contribution in [0, 0.1) is 11.3 Å². The first-order valence-electron chi connectivity index (χ1n) is 10.1. The quantitative estimate of drug-likeness (QED) is 0.398. The second kappa shape index (κ2) is 9.87. The van der Waals surface area contributed by atoms with Crippen molar-refractivity contribution in [1.82, 2.24) is 14.8 Å². The largest absolute Gasteiger partial charge is 0.493 e. The highest BCUT2D eigenvalue weighted by Crippen LogP contribution is 2.30. The number of rotatable bonds is 7. The Bertz CT molecular complexity index is 940. The van der Waals surface area contributed by atoms with E-state index in [1.807, 2.05) is 11.5 Å². The first kappa shape index (κ1) is 20.6. The van der Waals surface area contributed by atoms with E-state index in [1.165, 1.54) is 7.11 Å². The predicted molar refractivity (Wildman–Crippen MR) is 109 cm³/mol. The number of esters is 1. The monoisotopic (exact) mass is 394 g/mol. The smallest absolute Gasteiger partial charge is 0.311 e. The number of hydrogen-bond acceptors (Lipinski definition) is 6. The SMILES string of the molecule is CCCCC(=O)Oc1ccc(C=C(C#N)c2nnc3n2CCCCC3)cc1OC. The van der Waals surface area contributed by atoms with Crippen LogP contribution in [0.3, 0.4) is 0 Å². The topological polar surface area (TPSA) is 90.0 Å². The van der Waals surface area contributed by atoms with Gasteiger partial charge in [0, 0.05) is 19.4 Å². The van der Waals surface area contributed by atoms with Crippen molar-refractivity contribution in [3.8, 4) is 17.6 Å². The molecule has 0 unspecified atom stereocenters. The fourth-order valence-corrected chi connectivity index (χ4v) is 3.35. The fraction of sp³-hybridized carbons (Fsp3) is 0.455. The van der Waals surface area contributed by atoms with E-state index in [9.17, 15) is 10.1 Å². The van der Waals surface area contributed by atoms with Crippen LogP contribution < -0.4 is 9.47 Å². The van der Waals surface area contributed by atoms with Gasteiger partial charge < -0.3 is 14.0 Å². The van der Waals surface area contributed by atoms with E-state index in [4.69, 9.17) is 9.47 Å². The number of nitriles is 1. The van der Waals surface area contributed by atoms with Crippen LogP contribution in [0.15, 0.2) is 18.2 Å². The van der Waals surface area contributed by atoms with E-state index in [0.717, 1.165) is 56.5 Å². The molecular weight excluding hydrogens is 368 g/mol. The molecule has 0 saturated heterocycles. The van der Waals surface area contributed by atoms with E-state index in [0.29, 0.717) is 29.3 Å². The van der Waals surface area contributed by atoms with E-state index < -0.39 is 0 Å². The summed E-state index contributed by atoms with van der Waals surface area (Å²) in [5.74, 6) is 2.07. The number of carbonyl (C=O) groups is 1. The number of aryl methyl sites for hydroxylation is 1. The van der Waals surface area contributed by atoms with Gasteiger partial charge in [0.25, 0.3) is 0 Å². The van der Waals surface area contributed by atoms with Crippen molar-refractivity contribution in [2.75, 3.05) is 7.11 Å². The molecule has 7 nitrogen and oxygen atoms in total. The third-order valence-corrected chi connectivity index (χ3v) is 4.93. The number of fused-ring (bicyclic) bond motifs is 1. The lowest BCUT2D eigenvalue weighted by Crippen LogP contribution is -2.08. The van der Waals surface area contributed by atoms with Crippen LogP contribution in [0.4, 0.5) is 0 Å². The van der Waals surface area contributed by atoms with Crippen LogP contribution in [0.1, 0.15) is 62.7 Å². The Balaban J connectivity index is 1.86. The number of allylic oxidation sites excluding steroid dienone is 1. The van der Waals surface area contributed by atoms with Crippen LogP contribution in [-0.4, -0.2) is 27.8 Å². The highest BCUT2D eigenvalue weighted by Gasteiger charge is 2.18. The second-order valence-electron chi connectivity index (χ2n) is 7.06. The number of unbranched alkanes of at least 4 members (excludes halogenated alkanes) is 1. The summed E-state index contributed by atoms with van der Waals surface area (Å²) in [4.78, 5) is 11.9. The molecule has 0 aliphatic carbocycles.